The Morgan fingerprint density at radius 2 is 0.655 bits per heavy atom. The van der Waals surface area contributed by atoms with Crippen LogP contribution in [0.4, 0.5) is 0 Å². The molecule has 4 heterocycles. The Balaban J connectivity index is 1.35. The second kappa shape index (κ2) is 26.0. The van der Waals surface area contributed by atoms with E-state index in [1.807, 2.05) is 0 Å². The van der Waals surface area contributed by atoms with E-state index in [1.54, 1.807) is 99.0 Å². The normalized spacial score (nSPS) is 12.8. The molecule has 1 aliphatic rings. The Hall–Kier alpha value is -7.76. The van der Waals surface area contributed by atoms with Crippen molar-refractivity contribution in [2.24, 2.45) is 0 Å². The summed E-state index contributed by atoms with van der Waals surface area (Å²) >= 11 is 0. The zero-order valence-corrected chi connectivity index (χ0v) is 48.4. The summed E-state index contributed by atoms with van der Waals surface area (Å²) in [6, 6.07) is 29.4. The van der Waals surface area contributed by atoms with Gasteiger partial charge in [0.2, 0.25) is 0 Å². The summed E-state index contributed by atoms with van der Waals surface area (Å²) in [5.74, 6) is -0.244. The summed E-state index contributed by atoms with van der Waals surface area (Å²) in [5, 5.41) is 0. The fourth-order valence-electron chi connectivity index (χ4n) is 9.52. The number of hydrogen-bond donors (Lipinski definition) is 4. The molecule has 9 rings (SSSR count). The second-order valence-electron chi connectivity index (χ2n) is 19.0. The Labute approximate surface area is 485 Å². The number of rotatable bonds is 22. The SMILES string of the molecule is CCOCCOc1c2cc(S(=O)(=O)O)cc1Cc1cc(S(=O)(=O)O)cc(c1OCc1cccc(-c3ccccn3)n1)Cc1cc(S(=O)(=O)O)cc(c1OCCOCC)Cc1cc(S(=O)(=O)O)cc(c1OCc1cccc(-c3ccccn3)n1)C2. The Morgan fingerprint density at radius 1 is 0.369 bits per heavy atom. The molecule has 26 heteroatoms. The Kier molecular flexibility index (Phi) is 18.8. The second-order valence-corrected chi connectivity index (χ2v) is 24.7. The molecule has 0 saturated heterocycles. The van der Waals surface area contributed by atoms with Crippen molar-refractivity contribution in [2.75, 3.05) is 39.6 Å². The summed E-state index contributed by atoms with van der Waals surface area (Å²) in [6.07, 6.45) is 1.19. The maximum absolute atomic E-state index is 13.4. The molecule has 4 aromatic heterocycles. The van der Waals surface area contributed by atoms with Gasteiger partial charge < -0.3 is 28.4 Å². The van der Waals surface area contributed by atoms with Gasteiger partial charge in [-0.3, -0.25) is 28.2 Å². The van der Waals surface area contributed by atoms with Crippen molar-refractivity contribution in [3.05, 3.63) is 190 Å². The molecule has 0 fully saturated rings. The van der Waals surface area contributed by atoms with Gasteiger partial charge in [-0.05, 0) is 111 Å². The predicted octanol–water partition coefficient (Wildman–Crippen LogP) is 8.25. The molecule has 440 valence electrons. The fraction of sp³-hybridized carbons (Fsp3) is 0.241. The predicted molar refractivity (Wildman–Crippen MR) is 304 cm³/mol. The molecule has 0 atom stereocenters. The zero-order valence-electron chi connectivity index (χ0n) is 45.1. The molecule has 0 aliphatic heterocycles. The van der Waals surface area contributed by atoms with Gasteiger partial charge >= 0.3 is 0 Å². The van der Waals surface area contributed by atoms with Gasteiger partial charge in [-0.2, -0.15) is 33.7 Å². The first-order valence-electron chi connectivity index (χ1n) is 26.0. The molecular weight excluding hydrogens is 1170 g/mol. The highest BCUT2D eigenvalue weighted by molar-refractivity contribution is 7.86. The topological polar surface area (TPSA) is 324 Å². The van der Waals surface area contributed by atoms with E-state index in [4.69, 9.17) is 38.4 Å². The monoisotopic (exact) mass is 1220 g/mol. The van der Waals surface area contributed by atoms with Crippen molar-refractivity contribution in [2.45, 2.75) is 72.3 Å². The molecule has 22 nitrogen and oxygen atoms in total. The first kappa shape index (κ1) is 60.8. The molecule has 4 aromatic carbocycles. The molecule has 8 bridgehead atoms. The highest BCUT2D eigenvalue weighted by Gasteiger charge is 2.30. The third kappa shape index (κ3) is 15.1. The van der Waals surface area contributed by atoms with Crippen molar-refractivity contribution >= 4 is 40.5 Å². The number of nitrogens with zero attached hydrogens (tertiary/aromatic N) is 4. The van der Waals surface area contributed by atoms with Gasteiger partial charge in [0, 0.05) is 95.8 Å². The maximum Gasteiger partial charge on any atom is 0.294 e. The lowest BCUT2D eigenvalue weighted by Crippen LogP contribution is -2.15. The van der Waals surface area contributed by atoms with Gasteiger partial charge in [-0.25, -0.2) is 9.97 Å². The third-order valence-electron chi connectivity index (χ3n) is 13.1. The van der Waals surface area contributed by atoms with Crippen LogP contribution in [0.5, 0.6) is 23.0 Å². The van der Waals surface area contributed by atoms with Crippen LogP contribution in [0.25, 0.3) is 22.8 Å². The summed E-state index contributed by atoms with van der Waals surface area (Å²) in [7, 11) is -20.5. The van der Waals surface area contributed by atoms with Crippen LogP contribution in [0.15, 0.2) is 153 Å². The third-order valence-corrected chi connectivity index (χ3v) is 16.5. The van der Waals surface area contributed by atoms with E-state index in [-0.39, 0.29) is 120 Å². The summed E-state index contributed by atoms with van der Waals surface area (Å²) in [5.41, 5.74) is 2.47. The van der Waals surface area contributed by atoms with Crippen LogP contribution in [-0.2, 0) is 88.8 Å². The summed E-state index contributed by atoms with van der Waals surface area (Å²) in [4.78, 5) is 15.6. The van der Waals surface area contributed by atoms with Crippen molar-refractivity contribution in [3.8, 4) is 45.8 Å². The van der Waals surface area contributed by atoms with Crippen molar-refractivity contribution in [1.82, 2.24) is 19.9 Å². The van der Waals surface area contributed by atoms with E-state index in [0.29, 0.717) is 34.2 Å². The molecule has 1 aliphatic carbocycles. The average Bonchev–Trinajstić information content (AvgIpc) is 1.27. The molecule has 0 spiro atoms. The van der Waals surface area contributed by atoms with Crippen molar-refractivity contribution < 1.29 is 80.3 Å². The van der Waals surface area contributed by atoms with Crippen LogP contribution in [0.1, 0.15) is 69.7 Å². The molecule has 4 N–H and O–H groups in total. The average molecular weight is 1230 g/mol. The molecule has 0 amide bonds. The maximum atomic E-state index is 13.4. The lowest BCUT2D eigenvalue weighted by molar-refractivity contribution is 0.109. The molecule has 0 radical (unpaired) electrons. The number of ether oxygens (including phenoxy) is 6. The summed E-state index contributed by atoms with van der Waals surface area (Å²) < 4.78 is 188. The van der Waals surface area contributed by atoms with Gasteiger partial charge in [0.1, 0.15) is 49.4 Å². The Morgan fingerprint density at radius 3 is 0.917 bits per heavy atom. The minimum absolute atomic E-state index is 0.00365. The van der Waals surface area contributed by atoms with Crippen molar-refractivity contribution in [3.63, 3.8) is 0 Å². The van der Waals surface area contributed by atoms with Crippen LogP contribution in [0, 0.1) is 0 Å². The first-order valence-corrected chi connectivity index (χ1v) is 31.8. The van der Waals surface area contributed by atoms with Crippen LogP contribution in [0.3, 0.4) is 0 Å². The minimum atomic E-state index is -5.13. The van der Waals surface area contributed by atoms with Crippen LogP contribution in [-0.4, -0.2) is 111 Å². The lowest BCUT2D eigenvalue weighted by atomic mass is 9.91. The van der Waals surface area contributed by atoms with Gasteiger partial charge in [0.05, 0.1) is 67.0 Å². The van der Waals surface area contributed by atoms with Gasteiger partial charge in [-0.1, -0.05) is 24.3 Å². The number of pyridine rings is 4. The molecule has 84 heavy (non-hydrogen) atoms. The molecule has 8 aromatic rings. The number of benzene rings is 4. The standard InChI is InChI=1S/C58H56N4O18S4/c1-3-75-19-21-77-55-37-23-41-31-49(83(69,70)71)33-43(57(41)79-35-45-11-9-15-53(61-45)51-13-5-7-17-59-51)25-39-29-48(82(66,67)68)30-40(56(39)78-22-20-76-4-2)26-44-34-50(84(72,73)74)32-42(24-38(55)28-47(27-37)81(63,64)65)58(44)80-36-46-12-10-16-54(62-46)52-14-6-8-18-60-52/h5-18,27-34H,3-4,19-26,35-36H2,1-2H3,(H,63,64,65)(H,66,67,68)(H,69,70,71)(H,72,73,74). The van der Waals surface area contributed by atoms with E-state index in [1.165, 1.54) is 0 Å². The largest absolute Gasteiger partial charge is 0.491 e. The van der Waals surface area contributed by atoms with Crippen molar-refractivity contribution in [1.29, 1.82) is 0 Å². The van der Waals surface area contributed by atoms with Crippen LogP contribution in [0.2, 0.25) is 0 Å². The smallest absolute Gasteiger partial charge is 0.294 e. The fourth-order valence-corrected chi connectivity index (χ4v) is 11.8. The number of hydrogen-bond acceptors (Lipinski definition) is 18. The zero-order chi connectivity index (χ0) is 59.8. The van der Waals surface area contributed by atoms with Crippen LogP contribution < -0.4 is 18.9 Å². The summed E-state index contributed by atoms with van der Waals surface area (Å²) in [6.45, 7) is 3.06. The number of fused-ring (bicyclic) bond motifs is 8. The first-order chi connectivity index (χ1) is 40.0. The van der Waals surface area contributed by atoms with Gasteiger partial charge in [0.25, 0.3) is 40.5 Å². The molecular formula is C58H56N4O18S4. The van der Waals surface area contributed by atoms with E-state index >= 15 is 0 Å². The van der Waals surface area contributed by atoms with E-state index in [0.717, 1.165) is 48.5 Å². The van der Waals surface area contributed by atoms with E-state index < -0.39 is 85.7 Å². The highest BCUT2D eigenvalue weighted by atomic mass is 32.2. The lowest BCUT2D eigenvalue weighted by Gasteiger charge is -2.24. The Bertz CT molecular complexity index is 3830. The van der Waals surface area contributed by atoms with Gasteiger partial charge in [0.15, 0.2) is 0 Å². The molecule has 0 saturated carbocycles. The highest BCUT2D eigenvalue weighted by Crippen LogP contribution is 2.43. The minimum Gasteiger partial charge on any atom is -0.491 e. The number of aromatic nitrogens is 4. The quantitative estimate of drug-likeness (QED) is 0.0366. The van der Waals surface area contributed by atoms with E-state index in [9.17, 15) is 51.9 Å². The van der Waals surface area contributed by atoms with Gasteiger partial charge in [-0.15, -0.1) is 0 Å². The van der Waals surface area contributed by atoms with E-state index in [2.05, 4.69) is 9.97 Å². The molecule has 0 unspecified atom stereocenters. The van der Waals surface area contributed by atoms with Crippen LogP contribution >= 0.6 is 0 Å².